The van der Waals surface area contributed by atoms with Crippen LogP contribution in [0.5, 0.6) is 0 Å². The van der Waals surface area contributed by atoms with E-state index in [9.17, 15) is 0 Å². The minimum Gasteiger partial charge on any atom is -0.383 e. The Morgan fingerprint density at radius 2 is 1.94 bits per heavy atom. The Kier molecular flexibility index (Phi) is 5.90. The molecule has 1 aromatic carbocycles. The minimum absolute atomic E-state index is 0.770. The Balaban J connectivity index is 2.62. The van der Waals surface area contributed by atoms with Crippen LogP contribution in [0.4, 0.5) is 5.69 Å². The Bertz CT molecular complexity index is 284. The van der Waals surface area contributed by atoms with Gasteiger partial charge in [-0.15, -0.1) is 0 Å². The molecule has 16 heavy (non-hydrogen) atoms. The third kappa shape index (κ3) is 3.83. The summed E-state index contributed by atoms with van der Waals surface area (Å²) < 4.78 is 5.11. The van der Waals surface area contributed by atoms with Gasteiger partial charge in [0.25, 0.3) is 0 Å². The average Bonchev–Trinajstić information content (AvgIpc) is 2.32. The molecule has 3 nitrogen and oxygen atoms in total. The predicted octanol–water partition coefficient (Wildman–Crippen LogP) is 1.88. The van der Waals surface area contributed by atoms with Crippen molar-refractivity contribution in [3.8, 4) is 0 Å². The summed E-state index contributed by atoms with van der Waals surface area (Å²) >= 11 is 0. The smallest absolute Gasteiger partial charge is 0.0637 e. The maximum Gasteiger partial charge on any atom is 0.0637 e. The molecule has 0 heterocycles. The van der Waals surface area contributed by atoms with Gasteiger partial charge < -0.3 is 15.0 Å². The quantitative estimate of drug-likeness (QED) is 0.762. The minimum atomic E-state index is 0.770. The van der Waals surface area contributed by atoms with Crippen molar-refractivity contribution >= 4 is 5.69 Å². The van der Waals surface area contributed by atoms with Crippen molar-refractivity contribution in [1.82, 2.24) is 5.32 Å². The van der Waals surface area contributed by atoms with Gasteiger partial charge in [0.1, 0.15) is 0 Å². The fourth-order valence-corrected chi connectivity index (χ4v) is 1.70. The van der Waals surface area contributed by atoms with Gasteiger partial charge in [-0.3, -0.25) is 0 Å². The van der Waals surface area contributed by atoms with E-state index in [0.29, 0.717) is 0 Å². The van der Waals surface area contributed by atoms with Gasteiger partial charge in [-0.25, -0.2) is 0 Å². The third-order valence-corrected chi connectivity index (χ3v) is 2.63. The number of hydrogen-bond donors (Lipinski definition) is 1. The fraction of sp³-hybridized carbons (Fsp3) is 0.538. The second-order valence-electron chi connectivity index (χ2n) is 3.77. The van der Waals surface area contributed by atoms with Crippen LogP contribution in [0.2, 0.25) is 0 Å². The number of methoxy groups -OCH3 is 1. The molecule has 0 aliphatic heterocycles. The second-order valence-corrected chi connectivity index (χ2v) is 3.77. The first kappa shape index (κ1) is 13.0. The van der Waals surface area contributed by atoms with E-state index >= 15 is 0 Å². The Morgan fingerprint density at radius 3 is 2.44 bits per heavy atom. The molecule has 0 unspecified atom stereocenters. The van der Waals surface area contributed by atoms with E-state index < -0.39 is 0 Å². The Hall–Kier alpha value is -1.06. The van der Waals surface area contributed by atoms with Crippen molar-refractivity contribution in [3.63, 3.8) is 0 Å². The Labute approximate surface area is 98.4 Å². The molecule has 0 amide bonds. The van der Waals surface area contributed by atoms with E-state index in [1.54, 1.807) is 7.11 Å². The van der Waals surface area contributed by atoms with Crippen molar-refractivity contribution < 1.29 is 4.74 Å². The summed E-state index contributed by atoms with van der Waals surface area (Å²) in [6, 6.07) is 8.68. The van der Waals surface area contributed by atoms with Gasteiger partial charge in [-0.05, 0) is 31.7 Å². The highest BCUT2D eigenvalue weighted by atomic mass is 16.5. The van der Waals surface area contributed by atoms with E-state index in [1.165, 1.54) is 11.3 Å². The van der Waals surface area contributed by atoms with Crippen LogP contribution in [0, 0.1) is 0 Å². The van der Waals surface area contributed by atoms with Crippen molar-refractivity contribution in [1.29, 1.82) is 0 Å². The number of rotatable bonds is 7. The van der Waals surface area contributed by atoms with Gasteiger partial charge in [0.15, 0.2) is 0 Å². The summed E-state index contributed by atoms with van der Waals surface area (Å²) in [6.45, 7) is 5.81. The lowest BCUT2D eigenvalue weighted by atomic mass is 10.2. The molecule has 0 radical (unpaired) electrons. The molecule has 90 valence electrons. The molecule has 0 saturated heterocycles. The number of likely N-dealkylation sites (N-methyl/N-ethyl adjacent to an activating group) is 1. The summed E-state index contributed by atoms with van der Waals surface area (Å²) in [5, 5.41) is 3.15. The summed E-state index contributed by atoms with van der Waals surface area (Å²) in [4.78, 5) is 2.31. The third-order valence-electron chi connectivity index (χ3n) is 2.63. The summed E-state index contributed by atoms with van der Waals surface area (Å²) in [5.74, 6) is 0. The zero-order valence-electron chi connectivity index (χ0n) is 10.5. The van der Waals surface area contributed by atoms with Crippen LogP contribution < -0.4 is 10.2 Å². The molecule has 0 aliphatic rings. The van der Waals surface area contributed by atoms with Crippen LogP contribution in [0.15, 0.2) is 24.3 Å². The molecule has 0 spiro atoms. The Morgan fingerprint density at radius 1 is 1.25 bits per heavy atom. The van der Waals surface area contributed by atoms with Gasteiger partial charge in [0.2, 0.25) is 0 Å². The van der Waals surface area contributed by atoms with Gasteiger partial charge in [-0.2, -0.15) is 0 Å². The summed E-state index contributed by atoms with van der Waals surface area (Å²) in [6.07, 6.45) is 0. The van der Waals surface area contributed by atoms with Gasteiger partial charge in [0, 0.05) is 32.4 Å². The molecular weight excluding hydrogens is 200 g/mol. The number of anilines is 1. The number of nitrogens with zero attached hydrogens (tertiary/aromatic N) is 1. The van der Waals surface area contributed by atoms with E-state index in [4.69, 9.17) is 4.74 Å². The van der Waals surface area contributed by atoms with Crippen LogP contribution >= 0.6 is 0 Å². The van der Waals surface area contributed by atoms with Crippen LogP contribution in [-0.2, 0) is 11.3 Å². The normalized spacial score (nSPS) is 10.4. The lowest BCUT2D eigenvalue weighted by Crippen LogP contribution is -2.26. The largest absolute Gasteiger partial charge is 0.383 e. The molecule has 0 fully saturated rings. The maximum absolute atomic E-state index is 5.11. The van der Waals surface area contributed by atoms with Crippen molar-refractivity contribution in [2.24, 2.45) is 0 Å². The van der Waals surface area contributed by atoms with Crippen LogP contribution in [0.1, 0.15) is 12.5 Å². The number of nitrogens with one attached hydrogen (secondary N) is 1. The number of benzene rings is 1. The first-order valence-electron chi connectivity index (χ1n) is 5.79. The van der Waals surface area contributed by atoms with E-state index in [0.717, 1.165) is 26.2 Å². The molecule has 0 aliphatic carbocycles. The summed E-state index contributed by atoms with van der Waals surface area (Å²) in [5.41, 5.74) is 2.58. The first-order chi connectivity index (χ1) is 7.81. The van der Waals surface area contributed by atoms with Crippen molar-refractivity contribution in [2.45, 2.75) is 13.5 Å². The van der Waals surface area contributed by atoms with E-state index in [-0.39, 0.29) is 0 Å². The second kappa shape index (κ2) is 7.25. The van der Waals surface area contributed by atoms with E-state index in [2.05, 4.69) is 41.4 Å². The maximum atomic E-state index is 5.11. The highest BCUT2D eigenvalue weighted by Gasteiger charge is 2.03. The molecule has 0 bridgehead atoms. The fourth-order valence-electron chi connectivity index (χ4n) is 1.70. The van der Waals surface area contributed by atoms with Crippen molar-refractivity contribution in [2.75, 3.05) is 38.8 Å². The topological polar surface area (TPSA) is 24.5 Å². The van der Waals surface area contributed by atoms with Gasteiger partial charge in [0.05, 0.1) is 6.61 Å². The molecule has 1 rings (SSSR count). The molecule has 3 heteroatoms. The average molecular weight is 222 g/mol. The lowest BCUT2D eigenvalue weighted by Gasteiger charge is -2.22. The predicted molar refractivity (Wildman–Crippen MR) is 69.0 cm³/mol. The lowest BCUT2D eigenvalue weighted by molar-refractivity contribution is 0.205. The first-order valence-corrected chi connectivity index (χ1v) is 5.79. The molecule has 1 aromatic rings. The van der Waals surface area contributed by atoms with Crippen LogP contribution in [0.3, 0.4) is 0 Å². The zero-order valence-corrected chi connectivity index (χ0v) is 10.5. The van der Waals surface area contributed by atoms with E-state index in [1.807, 2.05) is 7.05 Å². The van der Waals surface area contributed by atoms with Crippen LogP contribution in [0.25, 0.3) is 0 Å². The van der Waals surface area contributed by atoms with Crippen molar-refractivity contribution in [3.05, 3.63) is 29.8 Å². The van der Waals surface area contributed by atoms with Gasteiger partial charge in [-0.1, -0.05) is 12.1 Å². The standard InChI is InChI=1S/C13H22N2O/c1-4-15(9-10-16-3)13-7-5-12(6-8-13)11-14-2/h5-8,14H,4,9-11H2,1-3H3. The monoisotopic (exact) mass is 222 g/mol. The number of hydrogen-bond acceptors (Lipinski definition) is 3. The molecule has 1 N–H and O–H groups in total. The van der Waals surface area contributed by atoms with Crippen LogP contribution in [-0.4, -0.2) is 33.9 Å². The molecule has 0 saturated carbocycles. The zero-order chi connectivity index (χ0) is 11.8. The molecule has 0 aromatic heterocycles. The SMILES string of the molecule is CCN(CCOC)c1ccc(CNC)cc1. The highest BCUT2D eigenvalue weighted by Crippen LogP contribution is 2.14. The summed E-state index contributed by atoms with van der Waals surface area (Å²) in [7, 11) is 3.70. The highest BCUT2D eigenvalue weighted by molar-refractivity contribution is 5.47. The van der Waals surface area contributed by atoms with Gasteiger partial charge >= 0.3 is 0 Å². The molecule has 0 atom stereocenters. The molecular formula is C13H22N2O. The number of ether oxygens (including phenoxy) is 1.